The highest BCUT2D eigenvalue weighted by Crippen LogP contribution is 2.47. The highest BCUT2D eigenvalue weighted by Gasteiger charge is 2.53. The summed E-state index contributed by atoms with van der Waals surface area (Å²) < 4.78 is 51.7. The Kier molecular flexibility index (Phi) is 4.48. The van der Waals surface area contributed by atoms with Crippen molar-refractivity contribution in [2.75, 3.05) is 18.9 Å². The van der Waals surface area contributed by atoms with Crippen molar-refractivity contribution in [2.24, 2.45) is 16.1 Å². The average Bonchev–Trinajstić information content (AvgIpc) is 2.50. The zero-order chi connectivity index (χ0) is 19.2. The zero-order valence-corrected chi connectivity index (χ0v) is 14.3. The van der Waals surface area contributed by atoms with E-state index in [0.29, 0.717) is 0 Å². The number of anilines is 1. The largest absolute Gasteiger partial charge is 0.405 e. The van der Waals surface area contributed by atoms with Crippen LogP contribution in [0.1, 0.15) is 26.3 Å². The number of alkyl halides is 3. The third-order valence-electron chi connectivity index (χ3n) is 4.72. The molecule has 138 valence electrons. The number of carbonyl (C=O) groups excluding carboxylic acids is 1. The van der Waals surface area contributed by atoms with Gasteiger partial charge in [0.25, 0.3) is 0 Å². The number of nitrogens with zero attached hydrogens (tertiary/aromatic N) is 2. The van der Waals surface area contributed by atoms with Crippen LogP contribution in [0.5, 0.6) is 0 Å². The first-order valence-corrected chi connectivity index (χ1v) is 7.54. The van der Waals surface area contributed by atoms with Crippen molar-refractivity contribution in [1.29, 1.82) is 0 Å². The van der Waals surface area contributed by atoms with Crippen LogP contribution in [0.4, 0.5) is 23.2 Å². The second kappa shape index (κ2) is 5.89. The van der Waals surface area contributed by atoms with Crippen LogP contribution >= 0.6 is 0 Å². The smallest absolute Gasteiger partial charge is 0.376 e. The first-order chi connectivity index (χ1) is 11.3. The van der Waals surface area contributed by atoms with Crippen molar-refractivity contribution in [2.45, 2.75) is 32.5 Å². The molecule has 3 N–H and O–H groups in total. The summed E-state index contributed by atoms with van der Waals surface area (Å²) >= 11 is 0. The number of halogens is 4. The molecule has 0 saturated heterocycles. The minimum atomic E-state index is -4.41. The number of hydrogen-bond donors (Lipinski definition) is 2. The molecule has 0 aliphatic carbocycles. The number of carbonyl (C=O) groups is 1. The van der Waals surface area contributed by atoms with Gasteiger partial charge in [-0.2, -0.15) is 13.2 Å². The fourth-order valence-corrected chi connectivity index (χ4v) is 2.78. The lowest BCUT2D eigenvalue weighted by molar-refractivity contribution is -0.140. The fraction of sp³-hybridized carbons (Fsp3) is 0.500. The van der Waals surface area contributed by atoms with Crippen LogP contribution in [-0.2, 0) is 10.3 Å². The molecule has 1 atom stereocenters. The Bertz CT molecular complexity index is 729. The third kappa shape index (κ3) is 3.27. The molecule has 1 aromatic rings. The topological polar surface area (TPSA) is 70.7 Å². The van der Waals surface area contributed by atoms with E-state index >= 15 is 0 Å². The SMILES string of the molecule is CN1C(=O)C(C)(C)[C@@](C)(c2cc(NCC(F)(F)F)ccc2F)N=C1N. The van der Waals surface area contributed by atoms with Gasteiger partial charge < -0.3 is 11.1 Å². The molecular formula is C16H20F4N4O. The average molecular weight is 360 g/mol. The van der Waals surface area contributed by atoms with E-state index in [-0.39, 0.29) is 23.1 Å². The van der Waals surface area contributed by atoms with Gasteiger partial charge in [0, 0.05) is 18.3 Å². The van der Waals surface area contributed by atoms with E-state index in [1.165, 1.54) is 31.0 Å². The number of nitrogens with two attached hydrogens (primary N) is 1. The molecule has 1 amide bonds. The van der Waals surface area contributed by atoms with Gasteiger partial charge in [0.2, 0.25) is 5.91 Å². The van der Waals surface area contributed by atoms with Gasteiger partial charge in [0.1, 0.15) is 17.9 Å². The van der Waals surface area contributed by atoms with E-state index in [1.54, 1.807) is 13.8 Å². The van der Waals surface area contributed by atoms with E-state index < -0.39 is 29.5 Å². The molecule has 0 fully saturated rings. The van der Waals surface area contributed by atoms with Gasteiger partial charge in [-0.3, -0.25) is 9.69 Å². The lowest BCUT2D eigenvalue weighted by Crippen LogP contribution is -2.58. The van der Waals surface area contributed by atoms with Crippen molar-refractivity contribution in [3.8, 4) is 0 Å². The molecule has 9 heteroatoms. The Morgan fingerprint density at radius 1 is 1.28 bits per heavy atom. The van der Waals surface area contributed by atoms with E-state index in [4.69, 9.17) is 5.73 Å². The van der Waals surface area contributed by atoms with Gasteiger partial charge in [-0.25, -0.2) is 9.38 Å². The van der Waals surface area contributed by atoms with Crippen LogP contribution in [0, 0.1) is 11.2 Å². The molecule has 1 aliphatic heterocycles. The second-order valence-electron chi connectivity index (χ2n) is 6.69. The number of rotatable bonds is 3. The Balaban J connectivity index is 2.54. The minimum Gasteiger partial charge on any atom is -0.376 e. The van der Waals surface area contributed by atoms with Crippen molar-refractivity contribution >= 4 is 17.6 Å². The molecular weight excluding hydrogens is 340 g/mol. The molecule has 25 heavy (non-hydrogen) atoms. The Morgan fingerprint density at radius 3 is 2.44 bits per heavy atom. The van der Waals surface area contributed by atoms with E-state index in [9.17, 15) is 22.4 Å². The Labute approximate surface area is 142 Å². The predicted molar refractivity (Wildman–Crippen MR) is 86.5 cm³/mol. The molecule has 1 aliphatic rings. The van der Waals surface area contributed by atoms with E-state index in [2.05, 4.69) is 10.3 Å². The van der Waals surface area contributed by atoms with Crippen molar-refractivity contribution < 1.29 is 22.4 Å². The normalized spacial score (nSPS) is 23.4. The summed E-state index contributed by atoms with van der Waals surface area (Å²) in [5.74, 6) is -1.13. The van der Waals surface area contributed by atoms with Gasteiger partial charge in [-0.1, -0.05) is 0 Å². The number of nitrogens with one attached hydrogen (secondary N) is 1. The lowest BCUT2D eigenvalue weighted by Gasteiger charge is -2.46. The Morgan fingerprint density at radius 2 is 1.88 bits per heavy atom. The summed E-state index contributed by atoms with van der Waals surface area (Å²) in [6, 6.07) is 3.48. The van der Waals surface area contributed by atoms with Gasteiger partial charge >= 0.3 is 6.18 Å². The maximum atomic E-state index is 14.5. The summed E-state index contributed by atoms with van der Waals surface area (Å²) in [5.41, 5.74) is 3.31. The zero-order valence-electron chi connectivity index (χ0n) is 14.3. The first kappa shape index (κ1) is 19.0. The van der Waals surface area contributed by atoms with Gasteiger partial charge in [-0.15, -0.1) is 0 Å². The van der Waals surface area contributed by atoms with Crippen LogP contribution in [0.2, 0.25) is 0 Å². The van der Waals surface area contributed by atoms with Crippen LogP contribution in [-0.4, -0.2) is 36.5 Å². The summed E-state index contributed by atoms with van der Waals surface area (Å²) in [5, 5.41) is 2.20. The number of guanidine groups is 1. The van der Waals surface area contributed by atoms with Gasteiger partial charge in [0.05, 0.1) is 5.41 Å². The fourth-order valence-electron chi connectivity index (χ4n) is 2.78. The number of hydrogen-bond acceptors (Lipinski definition) is 4. The number of amides is 1. The molecule has 0 unspecified atom stereocenters. The number of aliphatic imine (C=N–C) groups is 1. The van der Waals surface area contributed by atoms with E-state index in [1.807, 2.05) is 0 Å². The molecule has 0 bridgehead atoms. The van der Waals surface area contributed by atoms with Crippen LogP contribution < -0.4 is 11.1 Å². The van der Waals surface area contributed by atoms with E-state index in [0.717, 1.165) is 6.07 Å². The molecule has 0 saturated carbocycles. The predicted octanol–water partition coefficient (Wildman–Crippen LogP) is 2.83. The van der Waals surface area contributed by atoms with Crippen molar-refractivity contribution in [3.05, 3.63) is 29.6 Å². The molecule has 1 heterocycles. The molecule has 0 spiro atoms. The minimum absolute atomic E-state index is 0.00549. The molecule has 5 nitrogen and oxygen atoms in total. The van der Waals surface area contributed by atoms with Gasteiger partial charge in [0.15, 0.2) is 5.96 Å². The summed E-state index contributed by atoms with van der Waals surface area (Å²) in [4.78, 5) is 18.0. The van der Waals surface area contributed by atoms with Crippen LogP contribution in [0.15, 0.2) is 23.2 Å². The van der Waals surface area contributed by atoms with Crippen molar-refractivity contribution in [1.82, 2.24) is 4.90 Å². The van der Waals surface area contributed by atoms with Crippen molar-refractivity contribution in [3.63, 3.8) is 0 Å². The monoisotopic (exact) mass is 360 g/mol. The molecule has 1 aromatic carbocycles. The highest BCUT2D eigenvalue weighted by molar-refractivity contribution is 6.01. The maximum Gasteiger partial charge on any atom is 0.405 e. The highest BCUT2D eigenvalue weighted by atomic mass is 19.4. The second-order valence-corrected chi connectivity index (χ2v) is 6.69. The summed E-state index contributed by atoms with van der Waals surface area (Å²) in [7, 11) is 1.46. The number of benzene rings is 1. The third-order valence-corrected chi connectivity index (χ3v) is 4.72. The molecule has 0 aromatic heterocycles. The maximum absolute atomic E-state index is 14.5. The summed E-state index contributed by atoms with van der Waals surface area (Å²) in [6.45, 7) is 3.47. The van der Waals surface area contributed by atoms with Gasteiger partial charge in [-0.05, 0) is 39.0 Å². The standard InChI is InChI=1S/C16H20F4N4O/c1-14(2)12(25)24(4)13(21)23-15(14,3)10-7-9(5-6-11(10)17)22-8-16(18,19)20/h5-7,22H,8H2,1-4H3,(H2,21,23)/t15-/m1/s1. The van der Waals surface area contributed by atoms with Crippen LogP contribution in [0.25, 0.3) is 0 Å². The lowest BCUT2D eigenvalue weighted by atomic mass is 9.67. The molecule has 2 rings (SSSR count). The quantitative estimate of drug-likeness (QED) is 0.815. The summed E-state index contributed by atoms with van der Waals surface area (Å²) in [6.07, 6.45) is -4.41. The molecule has 0 radical (unpaired) electrons. The van der Waals surface area contributed by atoms with Crippen LogP contribution in [0.3, 0.4) is 0 Å². The Hall–Kier alpha value is -2.32. The first-order valence-electron chi connectivity index (χ1n) is 7.54.